The first-order valence-electron chi connectivity index (χ1n) is 7.88. The van der Waals surface area contributed by atoms with Gasteiger partial charge in [-0.15, -0.1) is 0 Å². The van der Waals surface area contributed by atoms with Crippen LogP contribution in [0, 0.1) is 5.92 Å². The number of ether oxygens (including phenoxy) is 1. The van der Waals surface area contributed by atoms with Crippen molar-refractivity contribution in [3.8, 4) is 0 Å². The van der Waals surface area contributed by atoms with Gasteiger partial charge in [-0.2, -0.15) is 0 Å². The SMILES string of the molecule is CC(NCC1CCCOC1)c1ccc(C(C)(C)C)cc1. The van der Waals surface area contributed by atoms with Crippen molar-refractivity contribution in [2.45, 2.75) is 52.0 Å². The van der Waals surface area contributed by atoms with E-state index in [2.05, 4.69) is 57.3 Å². The normalized spacial score (nSPS) is 21.7. The van der Waals surface area contributed by atoms with Crippen LogP contribution in [0.25, 0.3) is 0 Å². The summed E-state index contributed by atoms with van der Waals surface area (Å²) in [6.45, 7) is 11.9. The van der Waals surface area contributed by atoms with Crippen LogP contribution in [0.5, 0.6) is 0 Å². The Morgan fingerprint density at radius 3 is 2.50 bits per heavy atom. The Balaban J connectivity index is 1.87. The fourth-order valence-corrected chi connectivity index (χ4v) is 2.70. The van der Waals surface area contributed by atoms with Crippen molar-refractivity contribution < 1.29 is 4.74 Å². The van der Waals surface area contributed by atoms with Gasteiger partial charge in [-0.1, -0.05) is 45.0 Å². The summed E-state index contributed by atoms with van der Waals surface area (Å²) in [6.07, 6.45) is 2.50. The quantitative estimate of drug-likeness (QED) is 0.894. The summed E-state index contributed by atoms with van der Waals surface area (Å²) in [5, 5.41) is 3.65. The predicted molar refractivity (Wildman–Crippen MR) is 85.1 cm³/mol. The van der Waals surface area contributed by atoms with Gasteiger partial charge in [0.2, 0.25) is 0 Å². The Labute approximate surface area is 123 Å². The highest BCUT2D eigenvalue weighted by Crippen LogP contribution is 2.24. The Morgan fingerprint density at radius 1 is 1.25 bits per heavy atom. The van der Waals surface area contributed by atoms with E-state index < -0.39 is 0 Å². The zero-order valence-electron chi connectivity index (χ0n) is 13.4. The molecule has 1 aliphatic heterocycles. The molecule has 1 aromatic carbocycles. The van der Waals surface area contributed by atoms with Gasteiger partial charge in [0.1, 0.15) is 0 Å². The van der Waals surface area contributed by atoms with E-state index >= 15 is 0 Å². The maximum Gasteiger partial charge on any atom is 0.0506 e. The van der Waals surface area contributed by atoms with Gasteiger partial charge in [0.05, 0.1) is 6.61 Å². The molecule has 1 heterocycles. The van der Waals surface area contributed by atoms with Gasteiger partial charge in [0.15, 0.2) is 0 Å². The summed E-state index contributed by atoms with van der Waals surface area (Å²) in [6, 6.07) is 9.45. The topological polar surface area (TPSA) is 21.3 Å². The van der Waals surface area contributed by atoms with Crippen LogP contribution in [-0.4, -0.2) is 19.8 Å². The van der Waals surface area contributed by atoms with Gasteiger partial charge in [-0.3, -0.25) is 0 Å². The third-order valence-electron chi connectivity index (χ3n) is 4.24. The lowest BCUT2D eigenvalue weighted by Gasteiger charge is -2.25. The van der Waals surface area contributed by atoms with Crippen LogP contribution < -0.4 is 5.32 Å². The van der Waals surface area contributed by atoms with Crippen molar-refractivity contribution in [2.75, 3.05) is 19.8 Å². The van der Waals surface area contributed by atoms with Crippen LogP contribution in [-0.2, 0) is 10.2 Å². The fraction of sp³-hybridized carbons (Fsp3) is 0.667. The zero-order chi connectivity index (χ0) is 14.6. The van der Waals surface area contributed by atoms with Crippen molar-refractivity contribution in [2.24, 2.45) is 5.92 Å². The van der Waals surface area contributed by atoms with E-state index in [-0.39, 0.29) is 5.41 Å². The molecule has 0 saturated carbocycles. The van der Waals surface area contributed by atoms with Crippen molar-refractivity contribution in [3.63, 3.8) is 0 Å². The van der Waals surface area contributed by atoms with E-state index in [9.17, 15) is 0 Å². The minimum Gasteiger partial charge on any atom is -0.381 e. The van der Waals surface area contributed by atoms with Crippen LogP contribution in [0.15, 0.2) is 24.3 Å². The zero-order valence-corrected chi connectivity index (χ0v) is 13.4. The van der Waals surface area contributed by atoms with E-state index in [1.54, 1.807) is 0 Å². The Hall–Kier alpha value is -0.860. The standard InChI is InChI=1S/C18H29NO/c1-14(19-12-15-6-5-11-20-13-15)16-7-9-17(10-8-16)18(2,3)4/h7-10,14-15,19H,5-6,11-13H2,1-4H3. The van der Waals surface area contributed by atoms with Gasteiger partial charge < -0.3 is 10.1 Å². The molecule has 2 nitrogen and oxygen atoms in total. The molecular formula is C18H29NO. The number of nitrogens with one attached hydrogen (secondary N) is 1. The second kappa shape index (κ2) is 6.73. The first kappa shape index (κ1) is 15.5. The molecule has 1 saturated heterocycles. The molecule has 1 fully saturated rings. The molecule has 0 bridgehead atoms. The summed E-state index contributed by atoms with van der Waals surface area (Å²) in [5.41, 5.74) is 3.00. The minimum atomic E-state index is 0.231. The second-order valence-corrected chi connectivity index (χ2v) is 7.09. The summed E-state index contributed by atoms with van der Waals surface area (Å²) in [4.78, 5) is 0. The van der Waals surface area contributed by atoms with Gasteiger partial charge >= 0.3 is 0 Å². The van der Waals surface area contributed by atoms with Crippen LogP contribution in [0.4, 0.5) is 0 Å². The molecule has 2 atom stereocenters. The van der Waals surface area contributed by atoms with E-state index in [4.69, 9.17) is 4.74 Å². The average molecular weight is 275 g/mol. The van der Waals surface area contributed by atoms with Crippen molar-refractivity contribution in [1.29, 1.82) is 0 Å². The Bertz CT molecular complexity index is 398. The van der Waals surface area contributed by atoms with Crippen molar-refractivity contribution >= 4 is 0 Å². The van der Waals surface area contributed by atoms with Gasteiger partial charge in [0.25, 0.3) is 0 Å². The molecule has 0 amide bonds. The maximum atomic E-state index is 5.53. The highest BCUT2D eigenvalue weighted by Gasteiger charge is 2.16. The molecule has 0 spiro atoms. The molecule has 0 radical (unpaired) electrons. The van der Waals surface area contributed by atoms with Crippen LogP contribution >= 0.6 is 0 Å². The Kier molecular flexibility index (Phi) is 5.22. The van der Waals surface area contributed by atoms with Gasteiger partial charge in [0, 0.05) is 19.2 Å². The second-order valence-electron chi connectivity index (χ2n) is 7.09. The van der Waals surface area contributed by atoms with E-state index in [0.717, 1.165) is 19.8 Å². The molecule has 2 heteroatoms. The van der Waals surface area contributed by atoms with Crippen LogP contribution in [0.1, 0.15) is 57.7 Å². The monoisotopic (exact) mass is 275 g/mol. The van der Waals surface area contributed by atoms with Crippen molar-refractivity contribution in [1.82, 2.24) is 5.32 Å². The Morgan fingerprint density at radius 2 is 1.95 bits per heavy atom. The largest absolute Gasteiger partial charge is 0.381 e. The third kappa shape index (κ3) is 4.32. The highest BCUT2D eigenvalue weighted by molar-refractivity contribution is 5.29. The predicted octanol–water partition coefficient (Wildman–Crippen LogP) is 4.06. The molecule has 0 aromatic heterocycles. The molecule has 112 valence electrons. The smallest absolute Gasteiger partial charge is 0.0506 e. The molecule has 2 rings (SSSR count). The van der Waals surface area contributed by atoms with Gasteiger partial charge in [-0.05, 0) is 42.2 Å². The summed E-state index contributed by atoms with van der Waals surface area (Å²) >= 11 is 0. The highest BCUT2D eigenvalue weighted by atomic mass is 16.5. The number of rotatable bonds is 4. The number of benzene rings is 1. The van der Waals surface area contributed by atoms with Gasteiger partial charge in [-0.25, -0.2) is 0 Å². The lowest BCUT2D eigenvalue weighted by Crippen LogP contribution is -2.30. The van der Waals surface area contributed by atoms with Crippen LogP contribution in [0.2, 0.25) is 0 Å². The lowest BCUT2D eigenvalue weighted by atomic mass is 9.86. The van der Waals surface area contributed by atoms with Crippen molar-refractivity contribution in [3.05, 3.63) is 35.4 Å². The first-order chi connectivity index (χ1) is 9.47. The fourth-order valence-electron chi connectivity index (χ4n) is 2.70. The molecule has 20 heavy (non-hydrogen) atoms. The average Bonchev–Trinajstić information content (AvgIpc) is 2.45. The molecule has 1 aromatic rings. The number of hydrogen-bond donors (Lipinski definition) is 1. The molecule has 0 aliphatic carbocycles. The first-order valence-corrected chi connectivity index (χ1v) is 7.88. The van der Waals surface area contributed by atoms with E-state index in [0.29, 0.717) is 12.0 Å². The maximum absolute atomic E-state index is 5.53. The molecule has 2 unspecified atom stereocenters. The summed E-state index contributed by atoms with van der Waals surface area (Å²) in [7, 11) is 0. The number of hydrogen-bond acceptors (Lipinski definition) is 2. The summed E-state index contributed by atoms with van der Waals surface area (Å²) < 4.78 is 5.53. The molecule has 1 aliphatic rings. The molecule has 1 N–H and O–H groups in total. The summed E-state index contributed by atoms with van der Waals surface area (Å²) in [5.74, 6) is 0.681. The van der Waals surface area contributed by atoms with E-state index in [1.807, 2.05) is 0 Å². The third-order valence-corrected chi connectivity index (χ3v) is 4.24. The van der Waals surface area contributed by atoms with E-state index in [1.165, 1.54) is 24.0 Å². The molecular weight excluding hydrogens is 246 g/mol. The minimum absolute atomic E-state index is 0.231. The van der Waals surface area contributed by atoms with Crippen LogP contribution in [0.3, 0.4) is 0 Å². The lowest BCUT2D eigenvalue weighted by molar-refractivity contribution is 0.0540.